The number of thiophene rings is 1. The van der Waals surface area contributed by atoms with E-state index in [0.717, 1.165) is 0 Å². The number of hydrogen-bond donors (Lipinski definition) is 2. The molecule has 2 amide bonds. The Kier molecular flexibility index (Phi) is 4.88. The molecule has 0 unspecified atom stereocenters. The normalized spacial score (nSPS) is 9.88. The third-order valence-corrected chi connectivity index (χ3v) is 4.27. The van der Waals surface area contributed by atoms with Gasteiger partial charge in [0, 0.05) is 16.9 Å². The highest BCUT2D eigenvalue weighted by molar-refractivity contribution is 7.12. The van der Waals surface area contributed by atoms with Gasteiger partial charge in [-0.2, -0.15) is 5.26 Å². The third-order valence-electron chi connectivity index (χ3n) is 3.40. The summed E-state index contributed by atoms with van der Waals surface area (Å²) in [6.07, 6.45) is 0. The fraction of sp³-hybridized carbons (Fsp3) is 0. The van der Waals surface area contributed by atoms with Crippen molar-refractivity contribution in [3.63, 3.8) is 0 Å². The van der Waals surface area contributed by atoms with E-state index in [9.17, 15) is 9.59 Å². The Morgan fingerprint density at radius 2 is 1.64 bits per heavy atom. The van der Waals surface area contributed by atoms with Gasteiger partial charge in [-0.25, -0.2) is 0 Å². The lowest BCUT2D eigenvalue weighted by molar-refractivity contribution is 0.101. The number of anilines is 2. The van der Waals surface area contributed by atoms with Crippen LogP contribution in [0.3, 0.4) is 0 Å². The molecule has 0 saturated carbocycles. The summed E-state index contributed by atoms with van der Waals surface area (Å²) in [5.74, 6) is -0.503. The number of benzene rings is 2. The van der Waals surface area contributed by atoms with Crippen molar-refractivity contribution in [3.05, 3.63) is 82.0 Å². The van der Waals surface area contributed by atoms with E-state index in [1.54, 1.807) is 60.7 Å². The molecule has 0 fully saturated rings. The summed E-state index contributed by atoms with van der Waals surface area (Å²) < 4.78 is 0. The van der Waals surface area contributed by atoms with Crippen molar-refractivity contribution in [1.29, 1.82) is 5.26 Å². The monoisotopic (exact) mass is 347 g/mol. The maximum atomic E-state index is 12.3. The summed E-state index contributed by atoms with van der Waals surface area (Å²) in [6.45, 7) is 0. The molecule has 3 rings (SSSR count). The minimum absolute atomic E-state index is 0.209. The number of carbonyl (C=O) groups excluding carboxylic acids is 2. The molecule has 6 heteroatoms. The van der Waals surface area contributed by atoms with Gasteiger partial charge < -0.3 is 10.6 Å². The van der Waals surface area contributed by atoms with Crippen molar-refractivity contribution in [3.8, 4) is 6.07 Å². The molecule has 0 atom stereocenters. The number of rotatable bonds is 4. The zero-order valence-electron chi connectivity index (χ0n) is 13.0. The fourth-order valence-corrected chi connectivity index (χ4v) is 2.79. The zero-order chi connectivity index (χ0) is 17.6. The van der Waals surface area contributed by atoms with Crippen LogP contribution in [0.2, 0.25) is 0 Å². The first-order valence-electron chi connectivity index (χ1n) is 7.42. The number of carbonyl (C=O) groups is 2. The molecule has 2 aromatic carbocycles. The molecule has 3 aromatic rings. The minimum Gasteiger partial charge on any atom is -0.322 e. The predicted molar refractivity (Wildman–Crippen MR) is 97.8 cm³/mol. The number of hydrogen-bond acceptors (Lipinski definition) is 4. The summed E-state index contributed by atoms with van der Waals surface area (Å²) in [5, 5.41) is 16.2. The quantitative estimate of drug-likeness (QED) is 0.744. The zero-order valence-corrected chi connectivity index (χ0v) is 13.8. The standard InChI is InChI=1S/C19H13N3O2S/c20-12-13-6-8-15(9-7-13)21-18(23)14-3-1-4-16(11-14)22-19(24)17-5-2-10-25-17/h1-11H,(H,21,23)(H,22,24). The number of nitrogens with one attached hydrogen (secondary N) is 2. The molecular formula is C19H13N3O2S. The molecule has 0 spiro atoms. The SMILES string of the molecule is N#Cc1ccc(NC(=O)c2cccc(NC(=O)c3cccs3)c2)cc1. The van der Waals surface area contributed by atoms with E-state index in [4.69, 9.17) is 5.26 Å². The first kappa shape index (κ1) is 16.4. The molecule has 25 heavy (non-hydrogen) atoms. The Morgan fingerprint density at radius 1 is 0.880 bits per heavy atom. The summed E-state index contributed by atoms with van der Waals surface area (Å²) in [6, 6.07) is 18.9. The lowest BCUT2D eigenvalue weighted by Crippen LogP contribution is -2.14. The van der Waals surface area contributed by atoms with Crippen molar-refractivity contribution < 1.29 is 9.59 Å². The van der Waals surface area contributed by atoms with E-state index in [0.29, 0.717) is 27.4 Å². The van der Waals surface area contributed by atoms with E-state index in [-0.39, 0.29) is 11.8 Å². The van der Waals surface area contributed by atoms with E-state index >= 15 is 0 Å². The van der Waals surface area contributed by atoms with Crippen LogP contribution in [0.15, 0.2) is 66.0 Å². The first-order chi connectivity index (χ1) is 12.2. The molecule has 5 nitrogen and oxygen atoms in total. The average Bonchev–Trinajstić information content (AvgIpc) is 3.17. The molecule has 0 aliphatic rings. The van der Waals surface area contributed by atoms with Gasteiger partial charge >= 0.3 is 0 Å². The second kappa shape index (κ2) is 7.43. The minimum atomic E-state index is -0.295. The number of nitriles is 1. The van der Waals surface area contributed by atoms with Crippen LogP contribution >= 0.6 is 11.3 Å². The Balaban J connectivity index is 1.70. The van der Waals surface area contributed by atoms with Gasteiger partial charge in [0.2, 0.25) is 0 Å². The van der Waals surface area contributed by atoms with Crippen LogP contribution in [0.5, 0.6) is 0 Å². The Morgan fingerprint density at radius 3 is 2.32 bits per heavy atom. The van der Waals surface area contributed by atoms with Crippen LogP contribution < -0.4 is 10.6 Å². The van der Waals surface area contributed by atoms with Crippen molar-refractivity contribution in [2.45, 2.75) is 0 Å². The van der Waals surface area contributed by atoms with Crippen LogP contribution in [0.25, 0.3) is 0 Å². The van der Waals surface area contributed by atoms with Gasteiger partial charge in [-0.15, -0.1) is 11.3 Å². The first-order valence-corrected chi connectivity index (χ1v) is 8.30. The van der Waals surface area contributed by atoms with Crippen LogP contribution in [0.4, 0.5) is 11.4 Å². The Bertz CT molecular complexity index is 942. The largest absolute Gasteiger partial charge is 0.322 e. The summed E-state index contributed by atoms with van der Waals surface area (Å²) in [5.41, 5.74) is 2.09. The van der Waals surface area contributed by atoms with Crippen molar-refractivity contribution >= 4 is 34.5 Å². The van der Waals surface area contributed by atoms with Gasteiger partial charge in [0.1, 0.15) is 0 Å². The van der Waals surface area contributed by atoms with Crippen LogP contribution in [-0.4, -0.2) is 11.8 Å². The molecule has 1 aromatic heterocycles. The summed E-state index contributed by atoms with van der Waals surface area (Å²) >= 11 is 1.35. The lowest BCUT2D eigenvalue weighted by Gasteiger charge is -2.08. The van der Waals surface area contributed by atoms with E-state index < -0.39 is 0 Å². The van der Waals surface area contributed by atoms with Crippen molar-refractivity contribution in [1.82, 2.24) is 0 Å². The molecule has 0 bridgehead atoms. The highest BCUT2D eigenvalue weighted by Crippen LogP contribution is 2.16. The van der Waals surface area contributed by atoms with Crippen molar-refractivity contribution in [2.75, 3.05) is 10.6 Å². The second-order valence-corrected chi connectivity index (χ2v) is 6.10. The molecule has 0 radical (unpaired) electrons. The van der Waals surface area contributed by atoms with Gasteiger partial charge in [-0.05, 0) is 53.9 Å². The molecule has 122 valence electrons. The Labute approximate surface area is 148 Å². The molecule has 0 saturated heterocycles. The van der Waals surface area contributed by atoms with Gasteiger partial charge in [-0.3, -0.25) is 9.59 Å². The van der Waals surface area contributed by atoms with Gasteiger partial charge in [-0.1, -0.05) is 12.1 Å². The maximum Gasteiger partial charge on any atom is 0.265 e. The smallest absolute Gasteiger partial charge is 0.265 e. The van der Waals surface area contributed by atoms with Gasteiger partial charge in [0.15, 0.2) is 0 Å². The van der Waals surface area contributed by atoms with Crippen LogP contribution in [-0.2, 0) is 0 Å². The van der Waals surface area contributed by atoms with Crippen molar-refractivity contribution in [2.24, 2.45) is 0 Å². The topological polar surface area (TPSA) is 82.0 Å². The number of nitrogens with zero attached hydrogens (tertiary/aromatic N) is 1. The molecule has 1 heterocycles. The third kappa shape index (κ3) is 4.10. The summed E-state index contributed by atoms with van der Waals surface area (Å²) in [4.78, 5) is 25.0. The van der Waals surface area contributed by atoms with Crippen LogP contribution in [0.1, 0.15) is 25.6 Å². The molecule has 2 N–H and O–H groups in total. The highest BCUT2D eigenvalue weighted by atomic mass is 32.1. The van der Waals surface area contributed by atoms with Gasteiger partial charge in [0.05, 0.1) is 16.5 Å². The highest BCUT2D eigenvalue weighted by Gasteiger charge is 2.10. The molecule has 0 aliphatic heterocycles. The molecular weight excluding hydrogens is 334 g/mol. The number of amides is 2. The van der Waals surface area contributed by atoms with E-state index in [2.05, 4.69) is 10.6 Å². The van der Waals surface area contributed by atoms with E-state index in [1.165, 1.54) is 11.3 Å². The van der Waals surface area contributed by atoms with Crippen LogP contribution in [0, 0.1) is 11.3 Å². The summed E-state index contributed by atoms with van der Waals surface area (Å²) in [7, 11) is 0. The fourth-order valence-electron chi connectivity index (χ4n) is 2.17. The maximum absolute atomic E-state index is 12.3. The average molecular weight is 347 g/mol. The van der Waals surface area contributed by atoms with Gasteiger partial charge in [0.25, 0.3) is 11.8 Å². The van der Waals surface area contributed by atoms with E-state index in [1.807, 2.05) is 11.4 Å². The lowest BCUT2D eigenvalue weighted by atomic mass is 10.1. The molecule has 0 aliphatic carbocycles. The second-order valence-electron chi connectivity index (χ2n) is 5.16. The Hall–Kier alpha value is -3.43. The predicted octanol–water partition coefficient (Wildman–Crippen LogP) is 4.12.